The minimum absolute atomic E-state index is 0.273. The number of ketones is 1. The van der Waals surface area contributed by atoms with Crippen LogP contribution in [0.25, 0.3) is 0 Å². The van der Waals surface area contributed by atoms with Crippen molar-refractivity contribution in [3.63, 3.8) is 0 Å². The summed E-state index contributed by atoms with van der Waals surface area (Å²) in [6, 6.07) is 11.0. The predicted octanol–water partition coefficient (Wildman–Crippen LogP) is 3.64. The van der Waals surface area contributed by atoms with Crippen LogP contribution in [0.15, 0.2) is 30.3 Å². The zero-order valence-corrected chi connectivity index (χ0v) is 10.4. The molecule has 0 aliphatic heterocycles. The van der Waals surface area contributed by atoms with E-state index in [1.165, 1.54) is 12.1 Å². The molecule has 0 spiro atoms. The standard InChI is InChI=1S/C14H11F3N2O/c15-14(16,17)7-6-13(9-18,10-19)8-12(20)11-4-2-1-3-5-11/h1-5H,6-8H2. The lowest BCUT2D eigenvalue weighted by Gasteiger charge is -2.18. The van der Waals surface area contributed by atoms with Gasteiger partial charge in [0.15, 0.2) is 11.2 Å². The maximum atomic E-state index is 12.2. The topological polar surface area (TPSA) is 64.7 Å². The highest BCUT2D eigenvalue weighted by molar-refractivity contribution is 5.96. The number of alkyl halides is 3. The third kappa shape index (κ3) is 4.40. The number of Topliss-reactive ketones (excluding diaryl/α,β-unsaturated/α-hetero) is 1. The molecule has 0 fully saturated rings. The van der Waals surface area contributed by atoms with Gasteiger partial charge in [-0.1, -0.05) is 30.3 Å². The van der Waals surface area contributed by atoms with Crippen molar-refractivity contribution >= 4 is 5.78 Å². The second kappa shape index (κ2) is 6.21. The lowest BCUT2D eigenvalue weighted by molar-refractivity contribution is -0.138. The molecule has 0 amide bonds. The van der Waals surface area contributed by atoms with Crippen molar-refractivity contribution in [2.75, 3.05) is 0 Å². The van der Waals surface area contributed by atoms with Crippen LogP contribution < -0.4 is 0 Å². The van der Waals surface area contributed by atoms with Gasteiger partial charge < -0.3 is 0 Å². The Kier molecular flexibility index (Phi) is 4.88. The minimum Gasteiger partial charge on any atom is -0.294 e. The summed E-state index contributed by atoms with van der Waals surface area (Å²) in [6.07, 6.45) is -6.98. The summed E-state index contributed by atoms with van der Waals surface area (Å²) in [4.78, 5) is 11.9. The molecule has 0 aromatic heterocycles. The van der Waals surface area contributed by atoms with Crippen LogP contribution in [0.4, 0.5) is 13.2 Å². The summed E-state index contributed by atoms with van der Waals surface area (Å²) < 4.78 is 36.6. The van der Waals surface area contributed by atoms with E-state index < -0.39 is 36.6 Å². The van der Waals surface area contributed by atoms with Crippen LogP contribution in [-0.2, 0) is 0 Å². The molecule has 0 aliphatic carbocycles. The molecule has 104 valence electrons. The van der Waals surface area contributed by atoms with Crippen LogP contribution in [0.1, 0.15) is 29.6 Å². The monoisotopic (exact) mass is 280 g/mol. The molecular weight excluding hydrogens is 269 g/mol. The van der Waals surface area contributed by atoms with E-state index in [0.717, 1.165) is 0 Å². The molecule has 0 aliphatic rings. The summed E-state index contributed by atoms with van der Waals surface area (Å²) in [6.45, 7) is 0. The number of halogens is 3. The Bertz CT molecular complexity index is 539. The quantitative estimate of drug-likeness (QED) is 0.773. The van der Waals surface area contributed by atoms with Gasteiger partial charge in [0.25, 0.3) is 0 Å². The molecule has 1 aromatic carbocycles. The van der Waals surface area contributed by atoms with Crippen LogP contribution in [0, 0.1) is 28.1 Å². The van der Waals surface area contributed by atoms with Crippen molar-refractivity contribution in [1.29, 1.82) is 10.5 Å². The highest BCUT2D eigenvalue weighted by Crippen LogP contribution is 2.33. The van der Waals surface area contributed by atoms with Crippen LogP contribution in [-0.4, -0.2) is 12.0 Å². The lowest BCUT2D eigenvalue weighted by atomic mass is 9.80. The van der Waals surface area contributed by atoms with Crippen molar-refractivity contribution in [1.82, 2.24) is 0 Å². The first-order valence-electron chi connectivity index (χ1n) is 5.79. The summed E-state index contributed by atoms with van der Waals surface area (Å²) in [5, 5.41) is 18.0. The highest BCUT2D eigenvalue weighted by Gasteiger charge is 2.38. The van der Waals surface area contributed by atoms with Crippen LogP contribution >= 0.6 is 0 Å². The van der Waals surface area contributed by atoms with E-state index in [-0.39, 0.29) is 5.56 Å². The van der Waals surface area contributed by atoms with Gasteiger partial charge in [-0.25, -0.2) is 0 Å². The molecule has 0 heterocycles. The number of nitrogens with zero attached hydrogens (tertiary/aromatic N) is 2. The van der Waals surface area contributed by atoms with Gasteiger partial charge in [-0.05, 0) is 6.42 Å². The second-order valence-corrected chi connectivity index (χ2v) is 4.39. The molecule has 1 rings (SSSR count). The molecule has 0 atom stereocenters. The fraction of sp³-hybridized carbons (Fsp3) is 0.357. The zero-order chi connectivity index (χ0) is 15.2. The summed E-state index contributed by atoms with van der Waals surface area (Å²) in [7, 11) is 0. The fourth-order valence-electron chi connectivity index (χ4n) is 1.66. The van der Waals surface area contributed by atoms with Crippen molar-refractivity contribution in [2.24, 2.45) is 5.41 Å². The van der Waals surface area contributed by atoms with Crippen molar-refractivity contribution in [3.05, 3.63) is 35.9 Å². The van der Waals surface area contributed by atoms with E-state index in [1.807, 2.05) is 0 Å². The van der Waals surface area contributed by atoms with Crippen molar-refractivity contribution in [2.45, 2.75) is 25.4 Å². The van der Waals surface area contributed by atoms with Gasteiger partial charge >= 0.3 is 6.18 Å². The summed E-state index contributed by atoms with van der Waals surface area (Å²) in [5.41, 5.74) is -1.67. The van der Waals surface area contributed by atoms with Gasteiger partial charge in [0, 0.05) is 18.4 Å². The predicted molar refractivity (Wildman–Crippen MR) is 64.3 cm³/mol. The first-order chi connectivity index (χ1) is 9.32. The van der Waals surface area contributed by atoms with E-state index in [4.69, 9.17) is 10.5 Å². The Morgan fingerprint density at radius 2 is 1.60 bits per heavy atom. The zero-order valence-electron chi connectivity index (χ0n) is 10.4. The van der Waals surface area contributed by atoms with E-state index >= 15 is 0 Å². The molecule has 0 unspecified atom stereocenters. The Hall–Kier alpha value is -2.34. The van der Waals surface area contributed by atoms with Gasteiger partial charge in [-0.2, -0.15) is 23.7 Å². The number of carbonyl (C=O) groups excluding carboxylic acids is 1. The van der Waals surface area contributed by atoms with Gasteiger partial charge in [-0.3, -0.25) is 4.79 Å². The van der Waals surface area contributed by atoms with E-state index in [0.29, 0.717) is 0 Å². The van der Waals surface area contributed by atoms with E-state index in [9.17, 15) is 18.0 Å². The average molecular weight is 280 g/mol. The molecule has 3 nitrogen and oxygen atoms in total. The molecule has 0 radical (unpaired) electrons. The Labute approximate surface area is 114 Å². The summed E-state index contributed by atoms with van der Waals surface area (Å²) >= 11 is 0. The molecule has 0 saturated carbocycles. The van der Waals surface area contributed by atoms with Gasteiger partial charge in [0.2, 0.25) is 0 Å². The number of hydrogen-bond acceptors (Lipinski definition) is 3. The Morgan fingerprint density at radius 1 is 1.05 bits per heavy atom. The molecule has 6 heteroatoms. The number of carbonyl (C=O) groups is 1. The highest BCUT2D eigenvalue weighted by atomic mass is 19.4. The molecule has 1 aromatic rings. The smallest absolute Gasteiger partial charge is 0.294 e. The maximum absolute atomic E-state index is 12.2. The number of rotatable bonds is 5. The van der Waals surface area contributed by atoms with Crippen LogP contribution in [0.3, 0.4) is 0 Å². The normalized spacial score (nSPS) is 11.4. The largest absolute Gasteiger partial charge is 0.389 e. The van der Waals surface area contributed by atoms with Crippen molar-refractivity contribution in [3.8, 4) is 12.1 Å². The van der Waals surface area contributed by atoms with Crippen molar-refractivity contribution < 1.29 is 18.0 Å². The molecular formula is C14H11F3N2O. The fourth-order valence-corrected chi connectivity index (χ4v) is 1.66. The molecule has 20 heavy (non-hydrogen) atoms. The van der Waals surface area contributed by atoms with Crippen LogP contribution in [0.2, 0.25) is 0 Å². The second-order valence-electron chi connectivity index (χ2n) is 4.39. The van der Waals surface area contributed by atoms with Gasteiger partial charge in [-0.15, -0.1) is 0 Å². The van der Waals surface area contributed by atoms with Crippen LogP contribution in [0.5, 0.6) is 0 Å². The number of benzene rings is 1. The van der Waals surface area contributed by atoms with E-state index in [2.05, 4.69) is 0 Å². The third-order valence-electron chi connectivity index (χ3n) is 2.82. The van der Waals surface area contributed by atoms with E-state index in [1.54, 1.807) is 30.3 Å². The number of nitriles is 2. The minimum atomic E-state index is -4.46. The average Bonchev–Trinajstić information content (AvgIpc) is 2.43. The van der Waals surface area contributed by atoms with Gasteiger partial charge in [0.05, 0.1) is 12.1 Å². The first-order valence-corrected chi connectivity index (χ1v) is 5.79. The Balaban J connectivity index is 2.86. The van der Waals surface area contributed by atoms with Gasteiger partial charge in [0.1, 0.15) is 0 Å². The third-order valence-corrected chi connectivity index (χ3v) is 2.82. The lowest BCUT2D eigenvalue weighted by Crippen LogP contribution is -2.24. The summed E-state index contributed by atoms with van der Waals surface area (Å²) in [5.74, 6) is -0.518. The maximum Gasteiger partial charge on any atom is 0.389 e. The first kappa shape index (κ1) is 15.7. The molecule has 0 saturated heterocycles. The number of hydrogen-bond donors (Lipinski definition) is 0. The SMILES string of the molecule is N#CC(C#N)(CCC(F)(F)F)CC(=O)c1ccccc1. The molecule has 0 N–H and O–H groups in total. The molecule has 0 bridgehead atoms. The Morgan fingerprint density at radius 3 is 2.05 bits per heavy atom.